The highest BCUT2D eigenvalue weighted by atomic mass is 19.3. The molecule has 0 amide bonds. The van der Waals surface area contributed by atoms with Gasteiger partial charge >= 0.3 is 5.97 Å². The van der Waals surface area contributed by atoms with Crippen molar-refractivity contribution in [1.29, 1.82) is 5.26 Å². The molecule has 1 aromatic carbocycles. The number of hydrogen-bond acceptors (Lipinski definition) is 5. The van der Waals surface area contributed by atoms with Gasteiger partial charge < -0.3 is 4.74 Å². The van der Waals surface area contributed by atoms with Crippen molar-refractivity contribution in [2.75, 3.05) is 0 Å². The third-order valence-corrected chi connectivity index (χ3v) is 8.64. The van der Waals surface area contributed by atoms with Crippen molar-refractivity contribution in [1.82, 2.24) is 14.8 Å². The molecule has 1 saturated heterocycles. The van der Waals surface area contributed by atoms with Crippen molar-refractivity contribution < 1.29 is 18.3 Å². The number of ether oxygens (including phenoxy) is 1. The number of allylic oxidation sites excluding steroid dienone is 1. The van der Waals surface area contributed by atoms with Crippen LogP contribution in [0.1, 0.15) is 63.7 Å². The quantitative estimate of drug-likeness (QED) is 0.353. The molecule has 1 saturated carbocycles. The number of hydrogen-bond donors (Lipinski definition) is 0. The molecule has 40 heavy (non-hydrogen) atoms. The molecule has 0 spiro atoms. The molecule has 0 N–H and O–H groups in total. The Bertz CT molecular complexity index is 1510. The van der Waals surface area contributed by atoms with Gasteiger partial charge in [-0.2, -0.15) is 10.4 Å². The summed E-state index contributed by atoms with van der Waals surface area (Å²) in [7, 11) is 1.78. The van der Waals surface area contributed by atoms with E-state index in [1.165, 1.54) is 0 Å². The van der Waals surface area contributed by atoms with E-state index >= 15 is 8.78 Å². The van der Waals surface area contributed by atoms with Crippen molar-refractivity contribution in [3.05, 3.63) is 77.4 Å². The lowest BCUT2D eigenvalue weighted by Gasteiger charge is -2.47. The number of carbonyl (C=O) groups is 1. The summed E-state index contributed by atoms with van der Waals surface area (Å²) in [6, 6.07) is 14.9. The van der Waals surface area contributed by atoms with Gasteiger partial charge in [0.1, 0.15) is 11.5 Å². The highest BCUT2D eigenvalue weighted by Crippen LogP contribution is 2.60. The molecule has 208 valence electrons. The van der Waals surface area contributed by atoms with Crippen LogP contribution in [0.3, 0.4) is 0 Å². The number of benzene rings is 1. The summed E-state index contributed by atoms with van der Waals surface area (Å²) in [6.45, 7) is 9.41. The first-order chi connectivity index (χ1) is 18.8. The van der Waals surface area contributed by atoms with Crippen LogP contribution in [0.4, 0.5) is 8.78 Å². The number of cyclic esters (lactones) is 1. The molecule has 5 atom stereocenters. The second-order valence-electron chi connectivity index (χ2n) is 12.2. The fraction of sp³-hybridized carbons (Fsp3) is 0.438. The maximum atomic E-state index is 15.8. The molecule has 8 heteroatoms. The van der Waals surface area contributed by atoms with Crippen LogP contribution in [0.5, 0.6) is 0 Å². The van der Waals surface area contributed by atoms with E-state index in [-0.39, 0.29) is 5.41 Å². The van der Waals surface area contributed by atoms with Crippen molar-refractivity contribution in [2.24, 2.45) is 24.8 Å². The summed E-state index contributed by atoms with van der Waals surface area (Å²) in [6.07, 6.45) is 3.98. The van der Waals surface area contributed by atoms with Gasteiger partial charge in [-0.1, -0.05) is 58.0 Å². The third kappa shape index (κ3) is 4.42. The monoisotopic (exact) mass is 544 g/mol. The van der Waals surface area contributed by atoms with Crippen molar-refractivity contribution in [3.8, 4) is 17.2 Å². The zero-order chi connectivity index (χ0) is 29.0. The highest BCUT2D eigenvalue weighted by molar-refractivity contribution is 5.86. The molecule has 1 aliphatic heterocycles. The Morgan fingerprint density at radius 3 is 2.52 bits per heavy atom. The lowest BCUT2D eigenvalue weighted by atomic mass is 9.55. The molecule has 2 aromatic heterocycles. The molecule has 1 aliphatic carbocycles. The molecule has 3 heterocycles. The molecular weight excluding hydrogens is 510 g/mol. The van der Waals surface area contributed by atoms with E-state index in [0.717, 1.165) is 16.8 Å². The SMILES string of the molecule is C[C@H]1OC(=O)[C@]2(c3cc(C(C)(C)C)n(C)n3)CC(F)(F)[C@@H](C)[C@H](/C=C/c3ccc(-c4ccccc4C#N)cn3)[C@H]12. The van der Waals surface area contributed by atoms with Crippen LogP contribution in [0, 0.1) is 29.1 Å². The Morgan fingerprint density at radius 1 is 1.18 bits per heavy atom. The van der Waals surface area contributed by atoms with Gasteiger partial charge in [0.15, 0.2) is 0 Å². The van der Waals surface area contributed by atoms with Crippen LogP contribution in [-0.2, 0) is 27.4 Å². The minimum Gasteiger partial charge on any atom is -0.462 e. The van der Waals surface area contributed by atoms with Gasteiger partial charge in [-0.3, -0.25) is 14.5 Å². The first-order valence-electron chi connectivity index (χ1n) is 13.6. The number of fused-ring (bicyclic) bond motifs is 1. The van der Waals surface area contributed by atoms with E-state index < -0.39 is 47.6 Å². The Morgan fingerprint density at radius 2 is 1.90 bits per heavy atom. The van der Waals surface area contributed by atoms with Gasteiger partial charge in [0, 0.05) is 53.7 Å². The average molecular weight is 545 g/mol. The van der Waals surface area contributed by atoms with Crippen molar-refractivity contribution in [3.63, 3.8) is 0 Å². The van der Waals surface area contributed by atoms with Gasteiger partial charge in [-0.15, -0.1) is 0 Å². The summed E-state index contributed by atoms with van der Waals surface area (Å²) in [5, 5.41) is 14.1. The number of aryl methyl sites for hydroxylation is 1. The lowest BCUT2D eigenvalue weighted by molar-refractivity contribution is -0.157. The maximum absolute atomic E-state index is 15.8. The van der Waals surface area contributed by atoms with Crippen LogP contribution in [0.15, 0.2) is 54.7 Å². The zero-order valence-electron chi connectivity index (χ0n) is 23.7. The first kappa shape index (κ1) is 27.7. The number of rotatable bonds is 4. The van der Waals surface area contributed by atoms with E-state index in [4.69, 9.17) is 4.74 Å². The highest BCUT2D eigenvalue weighted by Gasteiger charge is 2.69. The number of pyridine rings is 1. The summed E-state index contributed by atoms with van der Waals surface area (Å²) < 4.78 is 39.0. The van der Waals surface area contributed by atoms with Crippen LogP contribution >= 0.6 is 0 Å². The number of esters is 1. The first-order valence-corrected chi connectivity index (χ1v) is 13.6. The van der Waals surface area contributed by atoms with E-state index in [0.29, 0.717) is 17.0 Å². The molecule has 2 aliphatic rings. The van der Waals surface area contributed by atoms with E-state index in [1.807, 2.05) is 39.0 Å². The smallest absolute Gasteiger partial charge is 0.319 e. The largest absolute Gasteiger partial charge is 0.462 e. The summed E-state index contributed by atoms with van der Waals surface area (Å²) >= 11 is 0. The standard InChI is InChI=1S/C32H34F2N4O2/c1-19-24(14-13-23-12-11-22(17-36-23)25-10-8-7-9-21(25)16-35)28-20(2)40-29(39)31(28,18-32(19,33)34)26-15-27(30(3,4)5)38(6)37-26/h7-15,17,19-20,24,28H,18H2,1-6H3/b14-13+/t19-,20+,24-,28-,31-/m0/s1. The molecule has 0 bridgehead atoms. The van der Waals surface area contributed by atoms with E-state index in [1.54, 1.807) is 68.2 Å². The topological polar surface area (TPSA) is 80.8 Å². The fourth-order valence-corrected chi connectivity index (χ4v) is 6.59. The van der Waals surface area contributed by atoms with Crippen molar-refractivity contribution >= 4 is 12.0 Å². The molecule has 5 rings (SSSR count). The Labute approximate surface area is 233 Å². The van der Waals surface area contributed by atoms with Gasteiger partial charge in [0.2, 0.25) is 0 Å². The number of carbonyl (C=O) groups excluding carboxylic acids is 1. The Hall–Kier alpha value is -3.86. The number of nitriles is 1. The second-order valence-corrected chi connectivity index (χ2v) is 12.2. The van der Waals surface area contributed by atoms with Gasteiger partial charge in [-0.05, 0) is 37.1 Å². The normalized spacial score (nSPS) is 27.8. The molecule has 6 nitrogen and oxygen atoms in total. The predicted molar refractivity (Wildman–Crippen MR) is 148 cm³/mol. The fourth-order valence-electron chi connectivity index (χ4n) is 6.59. The second kappa shape index (κ2) is 9.65. The number of nitrogens with zero attached hydrogens (tertiary/aromatic N) is 4. The van der Waals surface area contributed by atoms with Crippen LogP contribution in [-0.4, -0.2) is 32.8 Å². The van der Waals surface area contributed by atoms with Gasteiger partial charge in [0.25, 0.3) is 5.92 Å². The summed E-state index contributed by atoms with van der Waals surface area (Å²) in [4.78, 5) is 18.0. The van der Waals surface area contributed by atoms with Gasteiger partial charge in [0.05, 0.1) is 23.0 Å². The van der Waals surface area contributed by atoms with Crippen LogP contribution in [0.25, 0.3) is 17.2 Å². The summed E-state index contributed by atoms with van der Waals surface area (Å²) in [5.41, 5.74) is 2.08. The molecule has 0 unspecified atom stereocenters. The molecule has 3 aromatic rings. The molecule has 2 fully saturated rings. The van der Waals surface area contributed by atoms with Crippen molar-refractivity contribution in [2.45, 2.75) is 63.9 Å². The Kier molecular flexibility index (Phi) is 6.68. The molecule has 0 radical (unpaired) electrons. The minimum absolute atomic E-state index is 0.282. The van der Waals surface area contributed by atoms with Crippen LogP contribution in [0.2, 0.25) is 0 Å². The molecular formula is C32H34F2N4O2. The third-order valence-electron chi connectivity index (χ3n) is 8.64. The predicted octanol–water partition coefficient (Wildman–Crippen LogP) is 6.46. The zero-order valence-corrected chi connectivity index (χ0v) is 23.7. The van der Waals surface area contributed by atoms with Crippen LogP contribution < -0.4 is 0 Å². The summed E-state index contributed by atoms with van der Waals surface area (Å²) in [5.74, 6) is -5.95. The number of halogens is 2. The number of alkyl halides is 2. The lowest BCUT2D eigenvalue weighted by Crippen LogP contribution is -2.56. The Balaban J connectivity index is 1.54. The van der Waals surface area contributed by atoms with Gasteiger partial charge in [-0.25, -0.2) is 8.78 Å². The van der Waals surface area contributed by atoms with E-state index in [2.05, 4.69) is 16.2 Å². The van der Waals surface area contributed by atoms with E-state index in [9.17, 15) is 10.1 Å². The average Bonchev–Trinajstić information content (AvgIpc) is 3.42. The minimum atomic E-state index is -3.12. The maximum Gasteiger partial charge on any atom is 0.319 e. The number of aromatic nitrogens is 3.